The van der Waals surface area contributed by atoms with Crippen LogP contribution in [0.4, 0.5) is 10.5 Å². The number of imide groups is 1. The van der Waals surface area contributed by atoms with E-state index in [2.05, 4.69) is 10.6 Å². The molecule has 0 radical (unpaired) electrons. The first-order valence-electron chi connectivity index (χ1n) is 10.3. The van der Waals surface area contributed by atoms with E-state index < -0.39 is 24.0 Å². The van der Waals surface area contributed by atoms with Crippen LogP contribution in [0.2, 0.25) is 0 Å². The van der Waals surface area contributed by atoms with E-state index in [4.69, 9.17) is 4.74 Å². The lowest BCUT2D eigenvalue weighted by molar-refractivity contribution is -0.142. The smallest absolute Gasteiger partial charge is 0.329 e. The maximum atomic E-state index is 13.2. The molecule has 0 unspecified atom stereocenters. The third kappa shape index (κ3) is 3.89. The molecule has 2 aromatic carbocycles. The molecule has 2 aliphatic rings. The van der Waals surface area contributed by atoms with Crippen LogP contribution in [0.1, 0.15) is 17.5 Å². The minimum atomic E-state index is -1.00. The minimum absolute atomic E-state index is 0.229. The Morgan fingerprint density at radius 2 is 1.78 bits per heavy atom. The zero-order valence-electron chi connectivity index (χ0n) is 17.8. The van der Waals surface area contributed by atoms with E-state index >= 15 is 0 Å². The molecule has 9 nitrogen and oxygen atoms in total. The Morgan fingerprint density at radius 3 is 2.44 bits per heavy atom. The van der Waals surface area contributed by atoms with Gasteiger partial charge in [0.2, 0.25) is 11.8 Å². The summed E-state index contributed by atoms with van der Waals surface area (Å²) >= 11 is 0. The fourth-order valence-corrected chi connectivity index (χ4v) is 4.12. The quantitative estimate of drug-likeness (QED) is 0.685. The van der Waals surface area contributed by atoms with Gasteiger partial charge in [-0.15, -0.1) is 0 Å². The summed E-state index contributed by atoms with van der Waals surface area (Å²) in [6.07, 6.45) is 0.164. The van der Waals surface area contributed by atoms with Crippen LogP contribution in [-0.2, 0) is 27.3 Å². The topological polar surface area (TPSA) is 108 Å². The Kier molecular flexibility index (Phi) is 5.81. The van der Waals surface area contributed by atoms with Crippen LogP contribution in [0.15, 0.2) is 48.5 Å². The fourth-order valence-electron chi connectivity index (χ4n) is 4.12. The van der Waals surface area contributed by atoms with Crippen molar-refractivity contribution in [1.82, 2.24) is 15.5 Å². The number of benzene rings is 2. The first-order chi connectivity index (χ1) is 15.4. The minimum Gasteiger partial charge on any atom is -0.497 e. The molecular weight excluding hydrogens is 412 g/mol. The van der Waals surface area contributed by atoms with Crippen molar-refractivity contribution in [3.05, 3.63) is 59.7 Å². The third-order valence-electron chi connectivity index (χ3n) is 5.85. The molecule has 2 aliphatic heterocycles. The number of amides is 5. The monoisotopic (exact) mass is 436 g/mol. The number of likely N-dealkylation sites (N-methyl/N-ethyl adjacent to an activating group) is 1. The van der Waals surface area contributed by atoms with Crippen molar-refractivity contribution in [1.29, 1.82) is 0 Å². The van der Waals surface area contributed by atoms with Crippen molar-refractivity contribution in [3.63, 3.8) is 0 Å². The summed E-state index contributed by atoms with van der Waals surface area (Å²) in [5, 5.41) is 5.20. The van der Waals surface area contributed by atoms with E-state index in [9.17, 15) is 19.2 Å². The molecule has 2 atom stereocenters. The van der Waals surface area contributed by atoms with Gasteiger partial charge in [0.1, 0.15) is 17.8 Å². The predicted octanol–water partition coefficient (Wildman–Crippen LogP) is 1.21. The molecule has 4 rings (SSSR count). The highest BCUT2D eigenvalue weighted by molar-refractivity contribution is 6.22. The molecule has 0 aliphatic carbocycles. The molecule has 32 heavy (non-hydrogen) atoms. The van der Waals surface area contributed by atoms with Crippen LogP contribution in [0.3, 0.4) is 0 Å². The van der Waals surface area contributed by atoms with E-state index in [1.165, 1.54) is 19.1 Å². The molecule has 0 bridgehead atoms. The molecule has 0 spiro atoms. The average Bonchev–Trinajstić information content (AvgIpc) is 3.10. The van der Waals surface area contributed by atoms with Gasteiger partial charge in [0, 0.05) is 20.0 Å². The summed E-state index contributed by atoms with van der Waals surface area (Å²) in [5.41, 5.74) is 2.36. The Bertz CT molecular complexity index is 1070. The van der Waals surface area contributed by atoms with Gasteiger partial charge in [-0.05, 0) is 35.4 Å². The number of methoxy groups -OCH3 is 1. The van der Waals surface area contributed by atoms with Gasteiger partial charge in [0.25, 0.3) is 5.91 Å². The number of nitrogens with one attached hydrogen (secondary N) is 2. The second kappa shape index (κ2) is 8.70. The normalized spacial score (nSPS) is 19.9. The predicted molar refractivity (Wildman–Crippen MR) is 116 cm³/mol. The maximum absolute atomic E-state index is 13.2. The third-order valence-corrected chi connectivity index (χ3v) is 5.85. The van der Waals surface area contributed by atoms with Gasteiger partial charge in [0.15, 0.2) is 0 Å². The standard InChI is InChI=1S/C23H24N4O5/c1-24-21(29)19-11-14-5-3-4-6-15(14)13-26(19)20(28)12-18-22(30)27(23(31)25-18)16-7-9-17(32-2)10-8-16/h3-10,18-19H,11-13H2,1-2H3,(H,24,29)(H,25,31)/t18-,19+/m0/s1. The lowest BCUT2D eigenvalue weighted by Crippen LogP contribution is -2.53. The Hall–Kier alpha value is -3.88. The van der Waals surface area contributed by atoms with Gasteiger partial charge in [-0.25, -0.2) is 9.69 Å². The zero-order valence-corrected chi connectivity index (χ0v) is 17.8. The van der Waals surface area contributed by atoms with Crippen molar-refractivity contribution in [2.24, 2.45) is 0 Å². The lowest BCUT2D eigenvalue weighted by Gasteiger charge is -2.36. The Morgan fingerprint density at radius 1 is 1.09 bits per heavy atom. The van der Waals surface area contributed by atoms with Crippen LogP contribution in [-0.4, -0.2) is 54.9 Å². The van der Waals surface area contributed by atoms with E-state index in [0.717, 1.165) is 16.0 Å². The molecule has 9 heteroatoms. The van der Waals surface area contributed by atoms with E-state index in [0.29, 0.717) is 17.9 Å². The van der Waals surface area contributed by atoms with Crippen molar-refractivity contribution in [2.45, 2.75) is 31.5 Å². The van der Waals surface area contributed by atoms with Crippen LogP contribution in [0, 0.1) is 0 Å². The highest BCUT2D eigenvalue weighted by atomic mass is 16.5. The Labute approximate surface area is 185 Å². The van der Waals surface area contributed by atoms with Crippen LogP contribution >= 0.6 is 0 Å². The van der Waals surface area contributed by atoms with Gasteiger partial charge < -0.3 is 20.3 Å². The number of urea groups is 1. The van der Waals surface area contributed by atoms with Crippen molar-refractivity contribution < 1.29 is 23.9 Å². The molecule has 2 aromatic rings. The number of hydrogen-bond acceptors (Lipinski definition) is 5. The number of hydrogen-bond donors (Lipinski definition) is 2. The van der Waals surface area contributed by atoms with Crippen LogP contribution in [0.25, 0.3) is 0 Å². The second-order valence-electron chi connectivity index (χ2n) is 7.70. The van der Waals surface area contributed by atoms with Crippen molar-refractivity contribution in [3.8, 4) is 5.75 Å². The highest BCUT2D eigenvalue weighted by Crippen LogP contribution is 2.27. The van der Waals surface area contributed by atoms with Crippen LogP contribution < -0.4 is 20.3 Å². The van der Waals surface area contributed by atoms with Gasteiger partial charge in [-0.3, -0.25) is 14.4 Å². The number of rotatable bonds is 5. The number of ether oxygens (including phenoxy) is 1. The largest absolute Gasteiger partial charge is 0.497 e. The number of carbonyl (C=O) groups excluding carboxylic acids is 4. The van der Waals surface area contributed by atoms with Gasteiger partial charge >= 0.3 is 6.03 Å². The van der Waals surface area contributed by atoms with E-state index in [1.54, 1.807) is 24.3 Å². The molecule has 0 saturated carbocycles. The molecule has 1 fully saturated rings. The lowest BCUT2D eigenvalue weighted by atomic mass is 9.93. The summed E-state index contributed by atoms with van der Waals surface area (Å²) in [7, 11) is 3.05. The molecule has 1 saturated heterocycles. The maximum Gasteiger partial charge on any atom is 0.329 e. The van der Waals surface area contributed by atoms with Crippen molar-refractivity contribution >= 4 is 29.4 Å². The summed E-state index contributed by atoms with van der Waals surface area (Å²) in [6, 6.07) is 11.9. The van der Waals surface area contributed by atoms with E-state index in [1.807, 2.05) is 24.3 Å². The highest BCUT2D eigenvalue weighted by Gasteiger charge is 2.42. The van der Waals surface area contributed by atoms with Crippen molar-refractivity contribution in [2.75, 3.05) is 19.1 Å². The molecule has 166 valence electrons. The fraction of sp³-hybridized carbons (Fsp3) is 0.304. The first kappa shape index (κ1) is 21.4. The molecule has 2 heterocycles. The average molecular weight is 436 g/mol. The van der Waals surface area contributed by atoms with Gasteiger partial charge in [0.05, 0.1) is 19.2 Å². The zero-order chi connectivity index (χ0) is 22.8. The molecule has 0 aromatic heterocycles. The van der Waals surface area contributed by atoms with Gasteiger partial charge in [-0.2, -0.15) is 0 Å². The molecular formula is C23H24N4O5. The second-order valence-corrected chi connectivity index (χ2v) is 7.70. The number of fused-ring (bicyclic) bond motifs is 1. The summed E-state index contributed by atoms with van der Waals surface area (Å²) in [6.45, 7) is 0.268. The SMILES string of the molecule is CNC(=O)[C@H]1Cc2ccccc2CN1C(=O)C[C@@H]1NC(=O)N(c2ccc(OC)cc2)C1=O. The van der Waals surface area contributed by atoms with Gasteiger partial charge in [-0.1, -0.05) is 24.3 Å². The number of anilines is 1. The Balaban J connectivity index is 1.51. The molecule has 2 N–H and O–H groups in total. The number of carbonyl (C=O) groups is 4. The van der Waals surface area contributed by atoms with E-state index in [-0.39, 0.29) is 24.8 Å². The van der Waals surface area contributed by atoms with Crippen LogP contribution in [0.5, 0.6) is 5.75 Å². The summed E-state index contributed by atoms with van der Waals surface area (Å²) in [4.78, 5) is 53.5. The summed E-state index contributed by atoms with van der Waals surface area (Å²) in [5.74, 6) is -0.557. The summed E-state index contributed by atoms with van der Waals surface area (Å²) < 4.78 is 5.10. The first-order valence-corrected chi connectivity index (χ1v) is 10.3. The molecule has 5 amide bonds. The number of nitrogens with zero attached hydrogens (tertiary/aromatic N) is 2.